The Morgan fingerprint density at radius 1 is 1.69 bits per heavy atom. The van der Waals surface area contributed by atoms with E-state index in [0.29, 0.717) is 12.0 Å². The maximum absolute atomic E-state index is 11.0. The van der Waals surface area contributed by atoms with Crippen molar-refractivity contribution in [2.45, 2.75) is 32.3 Å². The minimum atomic E-state index is -0.643. The molecule has 0 bridgehead atoms. The molecule has 1 aliphatic heterocycles. The predicted octanol–water partition coefficient (Wildman–Crippen LogP) is 0.514. The Kier molecular flexibility index (Phi) is 2.40. The minimum absolute atomic E-state index is 0.230. The second-order valence-corrected chi connectivity index (χ2v) is 3.50. The Labute approximate surface area is 76.7 Å². The largest absolute Gasteiger partial charge is 0.452 e. The van der Waals surface area contributed by atoms with E-state index in [4.69, 9.17) is 10.5 Å². The van der Waals surface area contributed by atoms with Crippen LogP contribution in [0.25, 0.3) is 0 Å². The molecule has 0 aliphatic carbocycles. The summed E-state index contributed by atoms with van der Waals surface area (Å²) in [5.41, 5.74) is 4.95. The average molecular weight is 183 g/mol. The van der Waals surface area contributed by atoms with Crippen molar-refractivity contribution in [3.8, 4) is 0 Å². The quantitative estimate of drug-likeness (QED) is 0.648. The van der Waals surface area contributed by atoms with Crippen LogP contribution in [-0.2, 0) is 14.3 Å². The number of ether oxygens (including phenoxy) is 1. The van der Waals surface area contributed by atoms with E-state index in [9.17, 15) is 9.59 Å². The van der Waals surface area contributed by atoms with Crippen molar-refractivity contribution in [2.75, 3.05) is 0 Å². The van der Waals surface area contributed by atoms with Gasteiger partial charge in [0.25, 0.3) is 0 Å². The van der Waals surface area contributed by atoms with Crippen LogP contribution in [0.3, 0.4) is 0 Å². The van der Waals surface area contributed by atoms with Crippen LogP contribution in [0.4, 0.5) is 0 Å². The highest BCUT2D eigenvalue weighted by molar-refractivity contribution is 5.90. The highest BCUT2D eigenvalue weighted by Crippen LogP contribution is 2.28. The van der Waals surface area contributed by atoms with Gasteiger partial charge in [-0.25, -0.2) is 4.79 Å². The fourth-order valence-electron chi connectivity index (χ4n) is 1.33. The molecule has 0 fully saturated rings. The lowest BCUT2D eigenvalue weighted by atomic mass is 9.99. The summed E-state index contributed by atoms with van der Waals surface area (Å²) in [5.74, 6) is -0.692. The first-order valence-electron chi connectivity index (χ1n) is 4.14. The minimum Gasteiger partial charge on any atom is -0.452 e. The normalized spacial score (nSPS) is 26.9. The predicted molar refractivity (Wildman–Crippen MR) is 46.7 cm³/mol. The van der Waals surface area contributed by atoms with Crippen LogP contribution in [0.15, 0.2) is 11.6 Å². The zero-order valence-corrected chi connectivity index (χ0v) is 7.79. The van der Waals surface area contributed by atoms with Gasteiger partial charge in [0, 0.05) is 12.0 Å². The molecule has 1 rings (SSSR count). The van der Waals surface area contributed by atoms with Crippen molar-refractivity contribution < 1.29 is 14.3 Å². The molecular formula is C9H13NO3. The molecule has 1 atom stereocenters. The van der Waals surface area contributed by atoms with Crippen molar-refractivity contribution in [3.05, 3.63) is 11.6 Å². The van der Waals surface area contributed by atoms with Gasteiger partial charge in [0.15, 0.2) is 0 Å². The van der Waals surface area contributed by atoms with Gasteiger partial charge >= 0.3 is 5.97 Å². The third kappa shape index (κ3) is 2.31. The van der Waals surface area contributed by atoms with E-state index in [1.54, 1.807) is 19.9 Å². The van der Waals surface area contributed by atoms with Gasteiger partial charge in [-0.15, -0.1) is 0 Å². The van der Waals surface area contributed by atoms with Crippen LogP contribution in [0, 0.1) is 0 Å². The fourth-order valence-corrected chi connectivity index (χ4v) is 1.33. The second kappa shape index (κ2) is 3.20. The number of carbonyl (C=O) groups is 2. The standard InChI is InChI=1S/C9H13NO3/c1-6-5-9(2,13-8(6)12)4-3-7(10)11/h5H,3-4H2,1-2H3,(H2,10,11)/t9-/m1/s1. The molecule has 1 aliphatic rings. The summed E-state index contributed by atoms with van der Waals surface area (Å²) in [6.45, 7) is 3.46. The van der Waals surface area contributed by atoms with Crippen molar-refractivity contribution in [1.82, 2.24) is 0 Å². The van der Waals surface area contributed by atoms with E-state index in [-0.39, 0.29) is 18.3 Å². The molecule has 0 unspecified atom stereocenters. The lowest BCUT2D eigenvalue weighted by Crippen LogP contribution is -2.26. The van der Waals surface area contributed by atoms with Crippen LogP contribution in [0.2, 0.25) is 0 Å². The molecule has 0 radical (unpaired) electrons. The monoisotopic (exact) mass is 183 g/mol. The summed E-state index contributed by atoms with van der Waals surface area (Å²) in [6, 6.07) is 0. The smallest absolute Gasteiger partial charge is 0.334 e. The van der Waals surface area contributed by atoms with Gasteiger partial charge in [-0.3, -0.25) is 4.79 Å². The Hall–Kier alpha value is -1.32. The first-order chi connectivity index (χ1) is 5.93. The zero-order valence-electron chi connectivity index (χ0n) is 7.79. The molecular weight excluding hydrogens is 170 g/mol. The number of hydrogen-bond donors (Lipinski definition) is 1. The molecule has 72 valence electrons. The average Bonchev–Trinajstić information content (AvgIpc) is 2.24. The highest BCUT2D eigenvalue weighted by atomic mass is 16.6. The van der Waals surface area contributed by atoms with Crippen LogP contribution >= 0.6 is 0 Å². The van der Waals surface area contributed by atoms with E-state index in [2.05, 4.69) is 0 Å². The first-order valence-corrected chi connectivity index (χ1v) is 4.14. The molecule has 4 nitrogen and oxygen atoms in total. The van der Waals surface area contributed by atoms with Gasteiger partial charge in [-0.2, -0.15) is 0 Å². The van der Waals surface area contributed by atoms with Crippen LogP contribution < -0.4 is 5.73 Å². The van der Waals surface area contributed by atoms with E-state index >= 15 is 0 Å². The summed E-state index contributed by atoms with van der Waals surface area (Å²) in [5, 5.41) is 0. The number of esters is 1. The van der Waals surface area contributed by atoms with Gasteiger partial charge in [0.2, 0.25) is 5.91 Å². The number of hydrogen-bond acceptors (Lipinski definition) is 3. The van der Waals surface area contributed by atoms with E-state index in [1.807, 2.05) is 0 Å². The van der Waals surface area contributed by atoms with E-state index in [1.165, 1.54) is 0 Å². The summed E-state index contributed by atoms with van der Waals surface area (Å²) in [7, 11) is 0. The Morgan fingerprint density at radius 3 is 2.69 bits per heavy atom. The third-order valence-electron chi connectivity index (χ3n) is 2.04. The molecule has 0 saturated carbocycles. The van der Waals surface area contributed by atoms with Crippen molar-refractivity contribution >= 4 is 11.9 Å². The molecule has 13 heavy (non-hydrogen) atoms. The van der Waals surface area contributed by atoms with E-state index < -0.39 is 5.60 Å². The topological polar surface area (TPSA) is 69.4 Å². The van der Waals surface area contributed by atoms with Crippen molar-refractivity contribution in [2.24, 2.45) is 5.73 Å². The van der Waals surface area contributed by atoms with Gasteiger partial charge < -0.3 is 10.5 Å². The molecule has 0 aromatic carbocycles. The van der Waals surface area contributed by atoms with Crippen molar-refractivity contribution in [3.63, 3.8) is 0 Å². The molecule has 0 aromatic rings. The van der Waals surface area contributed by atoms with Crippen LogP contribution in [-0.4, -0.2) is 17.5 Å². The fraction of sp³-hybridized carbons (Fsp3) is 0.556. The number of cyclic esters (lactones) is 1. The Bertz CT molecular complexity index is 283. The van der Waals surface area contributed by atoms with Gasteiger partial charge in [0.05, 0.1) is 0 Å². The highest BCUT2D eigenvalue weighted by Gasteiger charge is 2.33. The number of nitrogens with two attached hydrogens (primary N) is 1. The molecule has 1 amide bonds. The zero-order chi connectivity index (χ0) is 10.1. The third-order valence-corrected chi connectivity index (χ3v) is 2.04. The van der Waals surface area contributed by atoms with Gasteiger partial charge in [0.1, 0.15) is 5.60 Å². The molecule has 0 saturated heterocycles. The van der Waals surface area contributed by atoms with Crippen molar-refractivity contribution in [1.29, 1.82) is 0 Å². The summed E-state index contributed by atoms with van der Waals surface area (Å²) >= 11 is 0. The van der Waals surface area contributed by atoms with Crippen LogP contribution in [0.1, 0.15) is 26.7 Å². The summed E-state index contributed by atoms with van der Waals surface area (Å²) in [6.07, 6.45) is 2.41. The molecule has 2 N–H and O–H groups in total. The first kappa shape index (κ1) is 9.77. The lowest BCUT2D eigenvalue weighted by Gasteiger charge is -2.19. The maximum atomic E-state index is 11.0. The Morgan fingerprint density at radius 2 is 2.31 bits per heavy atom. The summed E-state index contributed by atoms with van der Waals surface area (Å²) in [4.78, 5) is 21.6. The van der Waals surface area contributed by atoms with Crippen LogP contribution in [0.5, 0.6) is 0 Å². The molecule has 0 aromatic heterocycles. The number of primary amides is 1. The Balaban J connectivity index is 2.60. The number of rotatable bonds is 3. The molecule has 0 spiro atoms. The molecule has 1 heterocycles. The maximum Gasteiger partial charge on any atom is 0.334 e. The lowest BCUT2D eigenvalue weighted by molar-refractivity contribution is -0.146. The number of carbonyl (C=O) groups excluding carboxylic acids is 2. The molecule has 4 heteroatoms. The van der Waals surface area contributed by atoms with Gasteiger partial charge in [-0.1, -0.05) is 0 Å². The van der Waals surface area contributed by atoms with Gasteiger partial charge in [-0.05, 0) is 26.3 Å². The van der Waals surface area contributed by atoms with E-state index in [0.717, 1.165) is 0 Å². The summed E-state index contributed by atoms with van der Waals surface area (Å²) < 4.78 is 5.07. The number of amides is 1. The SMILES string of the molecule is CC1=C[C@@](C)(CCC(N)=O)OC1=O. The second-order valence-electron chi connectivity index (χ2n) is 3.50.